The number of hydrogen-bond acceptors (Lipinski definition) is 8. The molecule has 46 heavy (non-hydrogen) atoms. The van der Waals surface area contributed by atoms with Crippen LogP contribution in [-0.4, -0.2) is 72.2 Å². The molecule has 3 aromatic rings. The number of nitrogens with one attached hydrogen (secondary N) is 1. The van der Waals surface area contributed by atoms with Gasteiger partial charge in [-0.25, -0.2) is 8.42 Å². The molecule has 0 bridgehead atoms. The first-order valence-electron chi connectivity index (χ1n) is 14.3. The lowest BCUT2D eigenvalue weighted by molar-refractivity contribution is -0.139. The van der Waals surface area contributed by atoms with E-state index in [0.29, 0.717) is 28.5 Å². The van der Waals surface area contributed by atoms with Gasteiger partial charge in [0.05, 0.1) is 39.0 Å². The van der Waals surface area contributed by atoms with Gasteiger partial charge in [0.25, 0.3) is 10.0 Å². The Morgan fingerprint density at radius 2 is 1.50 bits per heavy atom. The van der Waals surface area contributed by atoms with Crippen molar-refractivity contribution in [3.63, 3.8) is 0 Å². The minimum absolute atomic E-state index is 0.0335. The van der Waals surface area contributed by atoms with E-state index in [1.54, 1.807) is 25.1 Å². The number of carbonyl (C=O) groups is 2. The van der Waals surface area contributed by atoms with Crippen LogP contribution >= 0.6 is 23.2 Å². The fourth-order valence-electron chi connectivity index (χ4n) is 4.49. The summed E-state index contributed by atoms with van der Waals surface area (Å²) in [5.41, 5.74) is 0.544. The van der Waals surface area contributed by atoms with Crippen molar-refractivity contribution >= 4 is 50.7 Å². The molecule has 0 aromatic heterocycles. The molecule has 0 aliphatic carbocycles. The van der Waals surface area contributed by atoms with E-state index in [4.69, 9.17) is 42.1 Å². The minimum atomic E-state index is -4.48. The highest BCUT2D eigenvalue weighted by Gasteiger charge is 2.35. The highest BCUT2D eigenvalue weighted by atomic mass is 35.5. The summed E-state index contributed by atoms with van der Waals surface area (Å²) in [6.45, 7) is 4.51. The summed E-state index contributed by atoms with van der Waals surface area (Å²) in [6.07, 6.45) is 0.669. The molecule has 3 aromatic carbocycles. The first kappa shape index (κ1) is 36.6. The number of amides is 2. The summed E-state index contributed by atoms with van der Waals surface area (Å²) in [6, 6.07) is 12.3. The van der Waals surface area contributed by atoms with Crippen LogP contribution in [0.5, 0.6) is 23.0 Å². The quantitative estimate of drug-likeness (QED) is 0.219. The molecule has 0 aliphatic rings. The van der Waals surface area contributed by atoms with Gasteiger partial charge in [0, 0.05) is 34.8 Å². The summed E-state index contributed by atoms with van der Waals surface area (Å²) < 4.78 is 51.3. The van der Waals surface area contributed by atoms with Gasteiger partial charge in [0.15, 0.2) is 11.5 Å². The van der Waals surface area contributed by atoms with E-state index in [1.165, 1.54) is 69.7 Å². The Labute approximate surface area is 280 Å². The second kappa shape index (κ2) is 16.1. The largest absolute Gasteiger partial charge is 0.497 e. The van der Waals surface area contributed by atoms with E-state index in [9.17, 15) is 18.0 Å². The van der Waals surface area contributed by atoms with Crippen LogP contribution in [0.4, 0.5) is 5.69 Å². The predicted molar refractivity (Wildman–Crippen MR) is 178 cm³/mol. The maximum atomic E-state index is 14.4. The van der Waals surface area contributed by atoms with Gasteiger partial charge >= 0.3 is 0 Å². The van der Waals surface area contributed by atoms with Gasteiger partial charge in [-0.05, 0) is 62.2 Å². The molecule has 2 unspecified atom stereocenters. The minimum Gasteiger partial charge on any atom is -0.497 e. The maximum absolute atomic E-state index is 14.4. The molecule has 0 radical (unpaired) electrons. The molecule has 0 spiro atoms. The molecular formula is C32H39Cl2N3O8S. The zero-order valence-corrected chi connectivity index (χ0v) is 29.1. The number of hydrogen-bond donors (Lipinski definition) is 1. The van der Waals surface area contributed by atoms with Crippen LogP contribution in [0.1, 0.15) is 32.8 Å². The Morgan fingerprint density at radius 1 is 0.848 bits per heavy atom. The van der Waals surface area contributed by atoms with Crippen LogP contribution in [0.2, 0.25) is 10.0 Å². The van der Waals surface area contributed by atoms with E-state index in [1.807, 2.05) is 13.8 Å². The zero-order chi connectivity index (χ0) is 34.2. The molecule has 11 nitrogen and oxygen atoms in total. The molecule has 2 atom stereocenters. The first-order valence-corrected chi connectivity index (χ1v) is 16.5. The Morgan fingerprint density at radius 3 is 2.09 bits per heavy atom. The lowest BCUT2D eigenvalue weighted by Crippen LogP contribution is -2.52. The van der Waals surface area contributed by atoms with Crippen molar-refractivity contribution < 1.29 is 37.0 Å². The van der Waals surface area contributed by atoms with Crippen LogP contribution in [0, 0.1) is 0 Å². The van der Waals surface area contributed by atoms with Gasteiger partial charge in [-0.2, -0.15) is 0 Å². The molecule has 3 rings (SSSR count). The first-order chi connectivity index (χ1) is 21.8. The molecule has 2 amide bonds. The van der Waals surface area contributed by atoms with Crippen LogP contribution < -0.4 is 28.6 Å². The summed E-state index contributed by atoms with van der Waals surface area (Å²) in [5, 5.41) is 3.57. The number of halogens is 2. The Balaban J connectivity index is 2.19. The van der Waals surface area contributed by atoms with Crippen molar-refractivity contribution in [2.75, 3.05) is 39.3 Å². The summed E-state index contributed by atoms with van der Waals surface area (Å²) in [7, 11) is 1.14. The Hall–Kier alpha value is -3.87. The van der Waals surface area contributed by atoms with Crippen molar-refractivity contribution in [2.24, 2.45) is 0 Å². The SMILES string of the molecule is CCC(C)NC(=O)C(C)N(Cc1ccc(Cl)cc1Cl)C(=O)CN(c1cc(OC)ccc1OC)S(=O)(=O)c1ccc(OC)c(OC)c1. The van der Waals surface area contributed by atoms with Crippen LogP contribution in [-0.2, 0) is 26.2 Å². The molecule has 1 N–H and O–H groups in total. The van der Waals surface area contributed by atoms with Crippen molar-refractivity contribution in [3.8, 4) is 23.0 Å². The molecule has 0 saturated heterocycles. The lowest BCUT2D eigenvalue weighted by atomic mass is 10.1. The van der Waals surface area contributed by atoms with Crippen LogP contribution in [0.15, 0.2) is 59.5 Å². The Bertz CT molecular complexity index is 1650. The van der Waals surface area contributed by atoms with Crippen LogP contribution in [0.25, 0.3) is 0 Å². The topological polar surface area (TPSA) is 124 Å². The molecule has 0 heterocycles. The fourth-order valence-corrected chi connectivity index (χ4v) is 6.39. The molecular weight excluding hydrogens is 657 g/mol. The van der Waals surface area contributed by atoms with E-state index in [-0.39, 0.29) is 39.7 Å². The smallest absolute Gasteiger partial charge is 0.265 e. The second-order valence-corrected chi connectivity index (χ2v) is 13.0. The second-order valence-electron chi connectivity index (χ2n) is 10.3. The maximum Gasteiger partial charge on any atom is 0.265 e. The number of carbonyl (C=O) groups excluding carboxylic acids is 2. The lowest BCUT2D eigenvalue weighted by Gasteiger charge is -2.33. The normalized spacial score (nSPS) is 12.5. The fraction of sp³-hybridized carbons (Fsp3) is 0.375. The van der Waals surface area contributed by atoms with Gasteiger partial charge in [-0.3, -0.25) is 13.9 Å². The average Bonchev–Trinajstić information content (AvgIpc) is 3.05. The van der Waals surface area contributed by atoms with Gasteiger partial charge < -0.3 is 29.2 Å². The standard InChI is InChI=1S/C32H39Cl2N3O8S/c1-8-20(2)35-32(39)21(3)36(18-22-9-10-23(33)15-26(22)34)31(38)19-37(27-16-24(42-4)11-13-28(27)43-5)46(40,41)25-12-14-29(44-6)30(17-25)45-7/h9-17,20-21H,8,18-19H2,1-7H3,(H,35,39). The molecule has 14 heteroatoms. The van der Waals surface area contributed by atoms with Gasteiger partial charge in [-0.15, -0.1) is 0 Å². The number of anilines is 1. The summed E-state index contributed by atoms with van der Waals surface area (Å²) in [5.74, 6) is -0.140. The molecule has 0 fully saturated rings. The number of ether oxygens (including phenoxy) is 4. The van der Waals surface area contributed by atoms with E-state index in [0.717, 1.165) is 4.31 Å². The summed E-state index contributed by atoms with van der Waals surface area (Å²) >= 11 is 12.6. The highest BCUT2D eigenvalue weighted by molar-refractivity contribution is 7.92. The predicted octanol–water partition coefficient (Wildman–Crippen LogP) is 5.56. The van der Waals surface area contributed by atoms with E-state index >= 15 is 0 Å². The van der Waals surface area contributed by atoms with Crippen molar-refractivity contribution in [2.45, 2.75) is 50.7 Å². The zero-order valence-electron chi connectivity index (χ0n) is 26.8. The monoisotopic (exact) mass is 695 g/mol. The van der Waals surface area contributed by atoms with Gasteiger partial charge in [-0.1, -0.05) is 36.2 Å². The average molecular weight is 697 g/mol. The third-order valence-corrected chi connectivity index (χ3v) is 9.74. The number of benzene rings is 3. The van der Waals surface area contributed by atoms with Gasteiger partial charge in [0.1, 0.15) is 24.1 Å². The van der Waals surface area contributed by atoms with Crippen molar-refractivity contribution in [3.05, 3.63) is 70.2 Å². The van der Waals surface area contributed by atoms with Crippen molar-refractivity contribution in [1.82, 2.24) is 10.2 Å². The number of rotatable bonds is 15. The summed E-state index contributed by atoms with van der Waals surface area (Å²) in [4.78, 5) is 28.7. The van der Waals surface area contributed by atoms with E-state index in [2.05, 4.69) is 5.32 Å². The third-order valence-electron chi connectivity index (χ3n) is 7.40. The van der Waals surface area contributed by atoms with E-state index < -0.39 is 34.4 Å². The number of methoxy groups -OCH3 is 4. The number of nitrogens with zero attached hydrogens (tertiary/aromatic N) is 2. The molecule has 0 aliphatic heterocycles. The van der Waals surface area contributed by atoms with Crippen molar-refractivity contribution in [1.29, 1.82) is 0 Å². The molecule has 250 valence electrons. The third kappa shape index (κ3) is 8.48. The van der Waals surface area contributed by atoms with Gasteiger partial charge in [0.2, 0.25) is 11.8 Å². The highest BCUT2D eigenvalue weighted by Crippen LogP contribution is 2.38. The van der Waals surface area contributed by atoms with Crippen LogP contribution in [0.3, 0.4) is 0 Å². The number of sulfonamides is 1. The Kier molecular flexibility index (Phi) is 12.8. The molecule has 0 saturated carbocycles.